The van der Waals surface area contributed by atoms with Crippen LogP contribution in [0, 0.1) is 0 Å². The highest BCUT2D eigenvalue weighted by Crippen LogP contribution is 2.22. The van der Waals surface area contributed by atoms with Gasteiger partial charge < -0.3 is 5.73 Å². The molecule has 0 atom stereocenters. The summed E-state index contributed by atoms with van der Waals surface area (Å²) in [5.41, 5.74) is 7.71. The minimum absolute atomic E-state index is 0.0998. The Labute approximate surface area is 109 Å². The third-order valence-corrected chi connectivity index (χ3v) is 3.08. The van der Waals surface area contributed by atoms with Gasteiger partial charge in [0.25, 0.3) is 0 Å². The van der Waals surface area contributed by atoms with E-state index in [9.17, 15) is 0 Å². The molecule has 0 aliphatic rings. The van der Waals surface area contributed by atoms with Gasteiger partial charge >= 0.3 is 0 Å². The quantitative estimate of drug-likeness (QED) is 0.654. The van der Waals surface area contributed by atoms with Gasteiger partial charge in [-0.1, -0.05) is 23.7 Å². The lowest BCUT2D eigenvalue weighted by atomic mass is 10.0. The Kier molecular flexibility index (Phi) is 4.61. The van der Waals surface area contributed by atoms with Crippen molar-refractivity contribution in [3.8, 4) is 0 Å². The number of rotatable bonds is 4. The monoisotopic (exact) mass is 252 g/mol. The average molecular weight is 253 g/mol. The van der Waals surface area contributed by atoms with Gasteiger partial charge in [-0.05, 0) is 38.5 Å². The minimum atomic E-state index is 0.0998. The summed E-state index contributed by atoms with van der Waals surface area (Å²) in [5, 5.41) is 0.611. The molecule has 1 aromatic rings. The van der Waals surface area contributed by atoms with Crippen molar-refractivity contribution in [2.24, 2.45) is 0 Å². The third-order valence-electron chi connectivity index (χ3n) is 2.73. The molecule has 0 unspecified atom stereocenters. The van der Waals surface area contributed by atoms with Gasteiger partial charge in [-0.2, -0.15) is 0 Å². The van der Waals surface area contributed by atoms with E-state index in [1.54, 1.807) is 0 Å². The Morgan fingerprint density at radius 2 is 2.06 bits per heavy atom. The average Bonchev–Trinajstić information content (AvgIpc) is 2.21. The fourth-order valence-electron chi connectivity index (χ4n) is 1.64. The zero-order valence-electron chi connectivity index (χ0n) is 10.8. The summed E-state index contributed by atoms with van der Waals surface area (Å²) in [5.74, 6) is 0. The Balaban J connectivity index is 2.86. The van der Waals surface area contributed by atoms with Crippen molar-refractivity contribution in [2.75, 3.05) is 12.3 Å². The highest BCUT2D eigenvalue weighted by Gasteiger charge is 2.20. The van der Waals surface area contributed by atoms with Gasteiger partial charge in [0.2, 0.25) is 0 Å². The van der Waals surface area contributed by atoms with Crippen molar-refractivity contribution in [3.05, 3.63) is 41.4 Å². The molecule has 0 spiro atoms. The first-order valence-electron chi connectivity index (χ1n) is 5.74. The molecular formula is C14H21ClN2. The zero-order chi connectivity index (χ0) is 13.1. The number of nitrogens with two attached hydrogens (primary N) is 1. The zero-order valence-corrected chi connectivity index (χ0v) is 11.6. The highest BCUT2D eigenvalue weighted by atomic mass is 35.5. The van der Waals surface area contributed by atoms with Crippen LogP contribution in [0.25, 0.3) is 0 Å². The van der Waals surface area contributed by atoms with E-state index in [-0.39, 0.29) is 5.54 Å². The Hall–Kier alpha value is -0.990. The van der Waals surface area contributed by atoms with Crippen LogP contribution in [-0.4, -0.2) is 17.0 Å². The molecule has 2 nitrogen and oxygen atoms in total. The van der Waals surface area contributed by atoms with E-state index in [1.165, 1.54) is 5.56 Å². The molecule has 0 aromatic heterocycles. The second-order valence-corrected chi connectivity index (χ2v) is 5.60. The molecule has 94 valence electrons. The van der Waals surface area contributed by atoms with E-state index in [0.29, 0.717) is 10.7 Å². The van der Waals surface area contributed by atoms with Gasteiger partial charge in [0.15, 0.2) is 0 Å². The molecule has 0 bridgehead atoms. The topological polar surface area (TPSA) is 29.3 Å². The van der Waals surface area contributed by atoms with Crippen molar-refractivity contribution < 1.29 is 0 Å². The van der Waals surface area contributed by atoms with Gasteiger partial charge in [-0.25, -0.2) is 0 Å². The maximum atomic E-state index is 5.91. The van der Waals surface area contributed by atoms with Crippen LogP contribution < -0.4 is 5.73 Å². The molecule has 0 aliphatic carbocycles. The lowest BCUT2D eigenvalue weighted by Crippen LogP contribution is -2.40. The number of hydrogen-bond acceptors (Lipinski definition) is 2. The number of nitrogen functional groups attached to an aromatic ring is 1. The fraction of sp³-hybridized carbons (Fsp3) is 0.429. The summed E-state index contributed by atoms with van der Waals surface area (Å²) < 4.78 is 0. The van der Waals surface area contributed by atoms with Gasteiger partial charge in [-0.15, -0.1) is 6.58 Å². The summed E-state index contributed by atoms with van der Waals surface area (Å²) in [4.78, 5) is 2.34. The van der Waals surface area contributed by atoms with Crippen LogP contribution >= 0.6 is 11.6 Å². The van der Waals surface area contributed by atoms with Crippen LogP contribution in [0.15, 0.2) is 30.9 Å². The van der Waals surface area contributed by atoms with Crippen LogP contribution in [0.3, 0.4) is 0 Å². The predicted molar refractivity (Wildman–Crippen MR) is 76.2 cm³/mol. The molecular weight excluding hydrogens is 232 g/mol. The minimum Gasteiger partial charge on any atom is -0.398 e. The molecule has 3 heteroatoms. The van der Waals surface area contributed by atoms with Gasteiger partial charge in [0.1, 0.15) is 0 Å². The van der Waals surface area contributed by atoms with E-state index in [1.807, 2.05) is 24.3 Å². The number of nitrogens with zero attached hydrogens (tertiary/aromatic N) is 1. The maximum absolute atomic E-state index is 5.91. The highest BCUT2D eigenvalue weighted by molar-refractivity contribution is 6.33. The maximum Gasteiger partial charge on any atom is 0.0635 e. The molecule has 0 saturated carbocycles. The Morgan fingerprint density at radius 3 is 2.53 bits per heavy atom. The largest absolute Gasteiger partial charge is 0.398 e. The van der Waals surface area contributed by atoms with Crippen LogP contribution in [0.1, 0.15) is 26.3 Å². The fourth-order valence-corrected chi connectivity index (χ4v) is 1.76. The SMILES string of the molecule is C=CCN(Cc1ccc(Cl)c(N)c1)C(C)(C)C. The summed E-state index contributed by atoms with van der Waals surface area (Å²) in [6.07, 6.45) is 1.92. The van der Waals surface area contributed by atoms with Crippen molar-refractivity contribution in [1.82, 2.24) is 4.90 Å². The molecule has 2 N–H and O–H groups in total. The summed E-state index contributed by atoms with van der Waals surface area (Å²) in [6.45, 7) is 12.1. The first-order chi connectivity index (χ1) is 7.84. The molecule has 0 saturated heterocycles. The molecule has 0 fully saturated rings. The van der Waals surface area contributed by atoms with Gasteiger partial charge in [-0.3, -0.25) is 4.90 Å². The molecule has 17 heavy (non-hydrogen) atoms. The second kappa shape index (κ2) is 5.56. The summed E-state index contributed by atoms with van der Waals surface area (Å²) in [6, 6.07) is 5.80. The Morgan fingerprint density at radius 1 is 1.41 bits per heavy atom. The summed E-state index contributed by atoms with van der Waals surface area (Å²) >= 11 is 5.91. The number of hydrogen-bond donors (Lipinski definition) is 1. The molecule has 0 radical (unpaired) electrons. The number of anilines is 1. The van der Waals surface area contributed by atoms with Crippen LogP contribution in [-0.2, 0) is 6.54 Å². The first kappa shape index (κ1) is 14.1. The molecule has 0 amide bonds. The predicted octanol–water partition coefficient (Wildman–Crippen LogP) is 3.71. The standard InChI is InChI=1S/C14H21ClN2/c1-5-8-17(14(2,3)4)10-11-6-7-12(15)13(16)9-11/h5-7,9H,1,8,10,16H2,2-4H3. The lowest BCUT2D eigenvalue weighted by Gasteiger charge is -2.35. The van der Waals surface area contributed by atoms with E-state index < -0.39 is 0 Å². The third kappa shape index (κ3) is 4.06. The van der Waals surface area contributed by atoms with Crippen molar-refractivity contribution in [3.63, 3.8) is 0 Å². The van der Waals surface area contributed by atoms with E-state index in [4.69, 9.17) is 17.3 Å². The lowest BCUT2D eigenvalue weighted by molar-refractivity contribution is 0.145. The first-order valence-corrected chi connectivity index (χ1v) is 6.12. The number of benzene rings is 1. The van der Waals surface area contributed by atoms with Crippen molar-refractivity contribution in [1.29, 1.82) is 0 Å². The van der Waals surface area contributed by atoms with E-state index >= 15 is 0 Å². The molecule has 1 rings (SSSR count). The van der Waals surface area contributed by atoms with E-state index in [0.717, 1.165) is 13.1 Å². The van der Waals surface area contributed by atoms with Gasteiger partial charge in [0, 0.05) is 18.6 Å². The van der Waals surface area contributed by atoms with Crippen LogP contribution in [0.2, 0.25) is 5.02 Å². The molecule has 1 aromatic carbocycles. The van der Waals surface area contributed by atoms with Crippen LogP contribution in [0.4, 0.5) is 5.69 Å². The van der Waals surface area contributed by atoms with Crippen molar-refractivity contribution >= 4 is 17.3 Å². The van der Waals surface area contributed by atoms with E-state index in [2.05, 4.69) is 32.3 Å². The second-order valence-electron chi connectivity index (χ2n) is 5.20. The normalized spacial score (nSPS) is 11.8. The van der Waals surface area contributed by atoms with Crippen molar-refractivity contribution in [2.45, 2.75) is 32.9 Å². The number of halogens is 1. The summed E-state index contributed by atoms with van der Waals surface area (Å²) in [7, 11) is 0. The van der Waals surface area contributed by atoms with Crippen LogP contribution in [0.5, 0.6) is 0 Å². The van der Waals surface area contributed by atoms with Gasteiger partial charge in [0.05, 0.1) is 10.7 Å². The molecule has 0 heterocycles. The Bertz CT molecular complexity index is 394. The smallest absolute Gasteiger partial charge is 0.0635 e. The molecule has 0 aliphatic heterocycles.